The lowest BCUT2D eigenvalue weighted by Crippen LogP contribution is -2.13. The van der Waals surface area contributed by atoms with Crippen molar-refractivity contribution in [1.82, 2.24) is 19.7 Å². The second-order valence-electron chi connectivity index (χ2n) is 5.46. The Hall–Kier alpha value is -3.94. The third-order valence-electron chi connectivity index (χ3n) is 3.69. The molecule has 0 saturated carbocycles. The molecule has 2 aromatic carbocycles. The summed E-state index contributed by atoms with van der Waals surface area (Å²) in [6, 6.07) is 14.2. The molecule has 2 N–H and O–H groups in total. The summed E-state index contributed by atoms with van der Waals surface area (Å²) in [6.45, 7) is 0. The predicted octanol–water partition coefficient (Wildman–Crippen LogP) is 2.60. The van der Waals surface area contributed by atoms with Crippen LogP contribution in [-0.2, 0) is 0 Å². The molecule has 0 radical (unpaired) electrons. The van der Waals surface area contributed by atoms with Crippen LogP contribution < -0.4 is 10.3 Å². The largest absolute Gasteiger partial charge is 0.478 e. The van der Waals surface area contributed by atoms with Crippen LogP contribution in [0.2, 0.25) is 0 Å². The number of H-pyrrole nitrogens is 1. The number of benzene rings is 2. The fraction of sp³-hybridized carbons (Fsp3) is 0. The summed E-state index contributed by atoms with van der Waals surface area (Å²) in [5, 5.41) is 13.3. The van der Waals surface area contributed by atoms with Gasteiger partial charge in [-0.1, -0.05) is 18.2 Å². The van der Waals surface area contributed by atoms with Crippen molar-refractivity contribution in [2.24, 2.45) is 0 Å². The maximum Gasteiger partial charge on any atom is 0.338 e. The Morgan fingerprint density at radius 2 is 1.92 bits per heavy atom. The van der Waals surface area contributed by atoms with Crippen molar-refractivity contribution in [2.45, 2.75) is 0 Å². The number of nitrogens with one attached hydrogen (secondary N) is 1. The third-order valence-corrected chi connectivity index (χ3v) is 3.69. The monoisotopic (exact) mass is 348 g/mol. The van der Waals surface area contributed by atoms with Gasteiger partial charge in [0.25, 0.3) is 5.56 Å². The van der Waals surface area contributed by atoms with Gasteiger partial charge in [-0.2, -0.15) is 5.10 Å². The predicted molar refractivity (Wildman–Crippen MR) is 93.0 cm³/mol. The Bertz CT molecular complexity index is 1160. The molecule has 8 nitrogen and oxygen atoms in total. The molecule has 0 bridgehead atoms. The van der Waals surface area contributed by atoms with Gasteiger partial charge in [0.2, 0.25) is 5.95 Å². The van der Waals surface area contributed by atoms with E-state index in [2.05, 4.69) is 15.1 Å². The van der Waals surface area contributed by atoms with Crippen molar-refractivity contribution < 1.29 is 14.6 Å². The van der Waals surface area contributed by atoms with Crippen molar-refractivity contribution in [3.8, 4) is 17.4 Å². The minimum Gasteiger partial charge on any atom is -0.478 e. The second kappa shape index (κ2) is 6.17. The van der Waals surface area contributed by atoms with Gasteiger partial charge >= 0.3 is 5.97 Å². The lowest BCUT2D eigenvalue weighted by molar-refractivity contribution is 0.0697. The number of hydrogen-bond acceptors (Lipinski definition) is 5. The summed E-state index contributed by atoms with van der Waals surface area (Å²) < 4.78 is 6.96. The summed E-state index contributed by atoms with van der Waals surface area (Å²) >= 11 is 0. The van der Waals surface area contributed by atoms with Crippen LogP contribution in [0, 0.1) is 0 Å². The minimum atomic E-state index is -1.11. The summed E-state index contributed by atoms with van der Waals surface area (Å²) in [6.07, 6.45) is 2.46. The molecule has 8 heteroatoms. The molecule has 0 atom stereocenters. The summed E-state index contributed by atoms with van der Waals surface area (Å²) in [4.78, 5) is 30.2. The standard InChI is InChI=1S/C18H12N4O4/c23-16-14-7-6-13(26-12-4-2-1-3-5-12)8-15(14)20-18(21-16)22-10-11(9-19-22)17(24)25/h1-10H,(H,24,25)(H,20,21,23). The maximum absolute atomic E-state index is 12.3. The van der Waals surface area contributed by atoms with Crippen LogP contribution in [0.25, 0.3) is 16.9 Å². The molecule has 4 aromatic rings. The third kappa shape index (κ3) is 2.91. The van der Waals surface area contributed by atoms with E-state index in [-0.39, 0.29) is 17.1 Å². The topological polar surface area (TPSA) is 110 Å². The van der Waals surface area contributed by atoms with Crippen molar-refractivity contribution >= 4 is 16.9 Å². The van der Waals surface area contributed by atoms with Crippen LogP contribution in [0.5, 0.6) is 11.5 Å². The van der Waals surface area contributed by atoms with Crippen molar-refractivity contribution in [3.63, 3.8) is 0 Å². The Kier molecular flexibility index (Phi) is 3.70. The van der Waals surface area contributed by atoms with Crippen LogP contribution in [0.4, 0.5) is 0 Å². The number of aromatic amines is 1. The number of carboxylic acid groups (broad SMARTS) is 1. The second-order valence-corrected chi connectivity index (χ2v) is 5.46. The summed E-state index contributed by atoms with van der Waals surface area (Å²) in [5.41, 5.74) is 0.0436. The number of nitrogens with zero attached hydrogens (tertiary/aromatic N) is 3. The molecular weight excluding hydrogens is 336 g/mol. The minimum absolute atomic E-state index is 0.00564. The Morgan fingerprint density at radius 3 is 2.65 bits per heavy atom. The number of aromatic carboxylic acids is 1. The van der Waals surface area contributed by atoms with Crippen molar-refractivity contribution in [3.05, 3.63) is 76.8 Å². The Labute approximate surface area is 146 Å². The molecule has 26 heavy (non-hydrogen) atoms. The average molecular weight is 348 g/mol. The van der Waals surface area contributed by atoms with Crippen LogP contribution in [0.15, 0.2) is 65.7 Å². The van der Waals surface area contributed by atoms with Crippen LogP contribution in [-0.4, -0.2) is 30.8 Å². The zero-order valence-corrected chi connectivity index (χ0v) is 13.3. The molecule has 2 aromatic heterocycles. The Morgan fingerprint density at radius 1 is 1.12 bits per heavy atom. The van der Waals surface area contributed by atoms with Gasteiger partial charge in [-0.3, -0.25) is 9.78 Å². The van der Waals surface area contributed by atoms with Gasteiger partial charge in [0.15, 0.2) is 0 Å². The van der Waals surface area contributed by atoms with E-state index in [4.69, 9.17) is 9.84 Å². The highest BCUT2D eigenvalue weighted by Crippen LogP contribution is 2.23. The normalized spacial score (nSPS) is 10.8. The Balaban J connectivity index is 1.76. The number of rotatable bonds is 4. The van der Waals surface area contributed by atoms with Gasteiger partial charge in [-0.05, 0) is 24.3 Å². The maximum atomic E-state index is 12.3. The molecular formula is C18H12N4O4. The molecule has 0 spiro atoms. The highest BCUT2D eigenvalue weighted by atomic mass is 16.5. The number of para-hydroxylation sites is 1. The van der Waals surface area contributed by atoms with E-state index in [1.165, 1.54) is 17.1 Å². The van der Waals surface area contributed by atoms with Gasteiger partial charge in [-0.25, -0.2) is 14.5 Å². The molecule has 0 aliphatic heterocycles. The molecule has 0 aliphatic rings. The molecule has 4 rings (SSSR count). The lowest BCUT2D eigenvalue weighted by Gasteiger charge is -2.07. The highest BCUT2D eigenvalue weighted by molar-refractivity contribution is 5.87. The number of ether oxygens (including phenoxy) is 1. The quantitative estimate of drug-likeness (QED) is 0.586. The number of fused-ring (bicyclic) bond motifs is 1. The van der Waals surface area contributed by atoms with Gasteiger partial charge in [0, 0.05) is 12.3 Å². The molecule has 0 fully saturated rings. The average Bonchev–Trinajstić information content (AvgIpc) is 3.13. The molecule has 0 saturated heterocycles. The number of carboxylic acids is 1. The van der Waals surface area contributed by atoms with E-state index in [9.17, 15) is 9.59 Å². The van der Waals surface area contributed by atoms with Gasteiger partial charge in [0.05, 0.1) is 22.7 Å². The lowest BCUT2D eigenvalue weighted by atomic mass is 10.2. The fourth-order valence-electron chi connectivity index (χ4n) is 2.45. The van der Waals surface area contributed by atoms with Gasteiger partial charge < -0.3 is 9.84 Å². The molecule has 128 valence electrons. The number of hydrogen-bond donors (Lipinski definition) is 2. The zero-order chi connectivity index (χ0) is 18.1. The van der Waals surface area contributed by atoms with E-state index in [0.717, 1.165) is 0 Å². The summed E-state index contributed by atoms with van der Waals surface area (Å²) in [5.74, 6) is 0.194. The van der Waals surface area contributed by atoms with E-state index in [0.29, 0.717) is 22.4 Å². The van der Waals surface area contributed by atoms with E-state index >= 15 is 0 Å². The summed E-state index contributed by atoms with van der Waals surface area (Å²) in [7, 11) is 0. The number of carbonyl (C=O) groups is 1. The van der Waals surface area contributed by atoms with Crippen LogP contribution in [0.3, 0.4) is 0 Å². The fourth-order valence-corrected chi connectivity index (χ4v) is 2.45. The molecule has 0 unspecified atom stereocenters. The molecule has 2 heterocycles. The smallest absolute Gasteiger partial charge is 0.338 e. The molecule has 0 aliphatic carbocycles. The van der Waals surface area contributed by atoms with Gasteiger partial charge in [-0.15, -0.1) is 0 Å². The first-order valence-corrected chi connectivity index (χ1v) is 7.65. The van der Waals surface area contributed by atoms with E-state index in [1.807, 2.05) is 30.3 Å². The van der Waals surface area contributed by atoms with Gasteiger partial charge in [0.1, 0.15) is 11.5 Å². The first-order valence-electron chi connectivity index (χ1n) is 7.65. The number of aromatic nitrogens is 4. The van der Waals surface area contributed by atoms with E-state index in [1.54, 1.807) is 18.2 Å². The first kappa shape index (κ1) is 15.6. The zero-order valence-electron chi connectivity index (χ0n) is 13.3. The van der Waals surface area contributed by atoms with Crippen LogP contribution >= 0.6 is 0 Å². The van der Waals surface area contributed by atoms with Crippen molar-refractivity contribution in [2.75, 3.05) is 0 Å². The van der Waals surface area contributed by atoms with E-state index < -0.39 is 5.97 Å². The highest BCUT2D eigenvalue weighted by Gasteiger charge is 2.11. The SMILES string of the molecule is O=C(O)c1cnn(-c2nc3cc(Oc4ccccc4)ccc3c(=O)[nH]2)c1. The molecule has 0 amide bonds. The van der Waals surface area contributed by atoms with Crippen LogP contribution in [0.1, 0.15) is 10.4 Å². The van der Waals surface area contributed by atoms with Crippen molar-refractivity contribution in [1.29, 1.82) is 0 Å². The first-order chi connectivity index (χ1) is 12.6.